The van der Waals surface area contributed by atoms with Crippen molar-refractivity contribution in [3.63, 3.8) is 0 Å². The van der Waals surface area contributed by atoms with Gasteiger partial charge in [-0.2, -0.15) is 4.98 Å². The second kappa shape index (κ2) is 12.7. The number of hydrogen-bond acceptors (Lipinski definition) is 1. The van der Waals surface area contributed by atoms with Crippen LogP contribution in [0.1, 0.15) is 73.2 Å². The Kier molecular flexibility index (Phi) is 9.90. The molecule has 0 fully saturated rings. The number of aliphatic carboxylic acids is 1. The summed E-state index contributed by atoms with van der Waals surface area (Å²) in [7, 11) is 0. The number of carboxylic acid groups (broad SMARTS) is 1. The van der Waals surface area contributed by atoms with Crippen molar-refractivity contribution in [1.29, 1.82) is 0 Å². The van der Waals surface area contributed by atoms with E-state index in [1.54, 1.807) is 0 Å². The van der Waals surface area contributed by atoms with Gasteiger partial charge in [-0.15, -0.1) is 0 Å². The Bertz CT molecular complexity index is 1150. The molecule has 5 rings (SSSR count). The van der Waals surface area contributed by atoms with Gasteiger partial charge in [0.1, 0.15) is 0 Å². The molecule has 0 spiro atoms. The van der Waals surface area contributed by atoms with Crippen LogP contribution in [0.2, 0.25) is 0 Å². The number of unbranched alkanes of at least 4 members (excludes halogenated alkanes) is 1. The van der Waals surface area contributed by atoms with E-state index in [-0.39, 0.29) is 37.2 Å². The SMILES string of the molecule is O=C(O)CC(CCCCC1CCc2cc3c([nH+]c2C1)[NH2+]CCC3)c1c[nH+]c2ccccc2c1.[Cl-].[Cl-]. The minimum atomic E-state index is -0.715. The molecule has 5 N–H and O–H groups in total. The lowest BCUT2D eigenvalue weighted by molar-refractivity contribution is -0.654. The van der Waals surface area contributed by atoms with Crippen molar-refractivity contribution in [1.82, 2.24) is 0 Å². The number of fused-ring (bicyclic) bond motifs is 3. The number of para-hydroxylation sites is 1. The number of carboxylic acids is 1. The van der Waals surface area contributed by atoms with Crippen LogP contribution in [0, 0.1) is 5.92 Å². The largest absolute Gasteiger partial charge is 1.00 e. The van der Waals surface area contributed by atoms with Gasteiger partial charge in [-0.3, -0.25) is 10.1 Å². The summed E-state index contributed by atoms with van der Waals surface area (Å²) in [5.41, 5.74) is 6.70. The first-order valence-electron chi connectivity index (χ1n) is 12.7. The van der Waals surface area contributed by atoms with E-state index in [2.05, 4.69) is 39.6 Å². The maximum absolute atomic E-state index is 11.5. The predicted molar refractivity (Wildman–Crippen MR) is 127 cm³/mol. The number of quaternary nitrogens is 1. The quantitative estimate of drug-likeness (QED) is 0.325. The van der Waals surface area contributed by atoms with Crippen molar-refractivity contribution in [2.45, 2.75) is 70.1 Å². The van der Waals surface area contributed by atoms with Crippen LogP contribution in [0.15, 0.2) is 42.6 Å². The van der Waals surface area contributed by atoms with Crippen molar-refractivity contribution in [2.75, 3.05) is 6.54 Å². The molecule has 0 saturated heterocycles. The molecule has 2 atom stereocenters. The average Bonchev–Trinajstić information content (AvgIpc) is 2.84. The fraction of sp³-hybridized carbons (Fsp3) is 0.464. The van der Waals surface area contributed by atoms with Crippen LogP contribution in [-0.4, -0.2) is 17.6 Å². The Morgan fingerprint density at radius 2 is 1.97 bits per heavy atom. The third-order valence-corrected chi connectivity index (χ3v) is 7.67. The number of aromatic nitrogens is 2. The Balaban J connectivity index is 0.00000171. The number of hydrogen-bond donors (Lipinski definition) is 2. The zero-order valence-electron chi connectivity index (χ0n) is 20.2. The Morgan fingerprint density at radius 1 is 1.11 bits per heavy atom. The summed E-state index contributed by atoms with van der Waals surface area (Å²) < 4.78 is 0. The van der Waals surface area contributed by atoms with Gasteiger partial charge < -0.3 is 29.9 Å². The number of aromatic amines is 2. The minimum absolute atomic E-state index is 0. The summed E-state index contributed by atoms with van der Waals surface area (Å²) >= 11 is 0. The summed E-state index contributed by atoms with van der Waals surface area (Å²) in [4.78, 5) is 18.6. The van der Waals surface area contributed by atoms with E-state index in [4.69, 9.17) is 0 Å². The van der Waals surface area contributed by atoms with Gasteiger partial charge in [0.05, 0.1) is 18.5 Å². The third-order valence-electron chi connectivity index (χ3n) is 7.67. The van der Waals surface area contributed by atoms with Crippen molar-refractivity contribution < 1.29 is 50.0 Å². The smallest absolute Gasteiger partial charge is 0.367 e. The van der Waals surface area contributed by atoms with Gasteiger partial charge in [0.2, 0.25) is 5.52 Å². The minimum Gasteiger partial charge on any atom is -1.00 e. The summed E-state index contributed by atoms with van der Waals surface area (Å²) in [6.45, 7) is 1.19. The second-order valence-electron chi connectivity index (χ2n) is 10.0. The van der Waals surface area contributed by atoms with Gasteiger partial charge in [0, 0.05) is 41.3 Å². The predicted octanol–water partition coefficient (Wildman–Crippen LogP) is -2.46. The Hall–Kier alpha value is -2.21. The van der Waals surface area contributed by atoms with Crippen LogP contribution in [0.25, 0.3) is 10.9 Å². The highest BCUT2D eigenvalue weighted by atomic mass is 35.5. The standard InChI is InChI=1S/C28H33N3O2.2ClH/c32-27(33)17-20(24-16-21-8-3-4-10-25(21)30-18-24)7-2-1-6-19-11-12-22-15-23-9-5-13-29-28(23)31-26(22)14-19;;/h3-4,8,10,15-16,18-20H,1-2,5-7,9,11-14,17H2,(H,29,31)(H,32,33);2*1H/p+1. The highest BCUT2D eigenvalue weighted by Crippen LogP contribution is 2.31. The Morgan fingerprint density at radius 3 is 2.83 bits per heavy atom. The van der Waals surface area contributed by atoms with E-state index in [0.717, 1.165) is 41.6 Å². The molecule has 0 amide bonds. The van der Waals surface area contributed by atoms with Gasteiger partial charge in [0.15, 0.2) is 11.9 Å². The van der Waals surface area contributed by atoms with E-state index >= 15 is 0 Å². The number of carbonyl (C=O) groups is 1. The van der Waals surface area contributed by atoms with E-state index < -0.39 is 5.97 Å². The van der Waals surface area contributed by atoms with Gasteiger partial charge >= 0.3 is 11.8 Å². The number of nitrogens with one attached hydrogen (secondary N) is 2. The van der Waals surface area contributed by atoms with Crippen molar-refractivity contribution >= 4 is 22.7 Å². The molecule has 0 bridgehead atoms. The van der Waals surface area contributed by atoms with Gasteiger partial charge in [-0.1, -0.05) is 25.0 Å². The molecule has 1 aliphatic heterocycles. The van der Waals surface area contributed by atoms with Crippen LogP contribution >= 0.6 is 0 Å². The molecule has 2 aliphatic rings. The number of nitrogens with two attached hydrogens (primary N) is 1. The summed E-state index contributed by atoms with van der Waals surface area (Å²) in [6.07, 6.45) is 12.7. The summed E-state index contributed by atoms with van der Waals surface area (Å²) in [5.74, 6) is 1.45. The van der Waals surface area contributed by atoms with Crippen molar-refractivity contribution in [3.05, 3.63) is 65.0 Å². The van der Waals surface area contributed by atoms with Crippen LogP contribution in [0.5, 0.6) is 0 Å². The van der Waals surface area contributed by atoms with Gasteiger partial charge in [0.25, 0.3) is 0 Å². The topological polar surface area (TPSA) is 82.2 Å². The molecule has 3 aromatic rings. The lowest BCUT2D eigenvalue weighted by atomic mass is 9.82. The molecule has 3 heterocycles. The summed E-state index contributed by atoms with van der Waals surface area (Å²) in [5, 5.41) is 13.0. The molecule has 2 unspecified atom stereocenters. The zero-order chi connectivity index (χ0) is 22.6. The van der Waals surface area contributed by atoms with E-state index in [9.17, 15) is 9.90 Å². The molecule has 1 aliphatic carbocycles. The molecule has 188 valence electrons. The lowest BCUT2D eigenvalue weighted by Crippen LogP contribution is -3.00. The summed E-state index contributed by atoms with van der Waals surface area (Å²) in [6, 6.07) is 12.8. The van der Waals surface area contributed by atoms with Crippen molar-refractivity contribution in [2.24, 2.45) is 5.92 Å². The molecule has 35 heavy (non-hydrogen) atoms. The molecule has 1 aromatic carbocycles. The van der Waals surface area contributed by atoms with E-state index in [0.29, 0.717) is 0 Å². The Labute approximate surface area is 220 Å². The number of benzene rings is 1. The number of H-pyrrole nitrogens is 2. The number of rotatable bonds is 8. The molecular weight excluding hydrogens is 481 g/mol. The van der Waals surface area contributed by atoms with Gasteiger partial charge in [-0.05, 0) is 56.2 Å². The van der Waals surface area contributed by atoms with Gasteiger partial charge in [-0.25, -0.2) is 4.98 Å². The molecular formula is C28H36Cl2N3O2+. The fourth-order valence-electron chi connectivity index (χ4n) is 5.82. The van der Waals surface area contributed by atoms with Crippen molar-refractivity contribution in [3.8, 4) is 0 Å². The lowest BCUT2D eigenvalue weighted by Gasteiger charge is -2.22. The zero-order valence-corrected chi connectivity index (χ0v) is 21.7. The highest BCUT2D eigenvalue weighted by molar-refractivity contribution is 5.76. The van der Waals surface area contributed by atoms with E-state index in [1.807, 2.05) is 18.3 Å². The molecule has 5 nitrogen and oxygen atoms in total. The first kappa shape index (κ1) is 27.4. The maximum Gasteiger partial charge on any atom is 0.367 e. The molecule has 0 saturated carbocycles. The average molecular weight is 518 g/mol. The molecule has 2 aromatic heterocycles. The monoisotopic (exact) mass is 516 g/mol. The highest BCUT2D eigenvalue weighted by Gasteiger charge is 2.29. The molecule has 7 heteroatoms. The number of halogens is 2. The van der Waals surface area contributed by atoms with Crippen LogP contribution in [0.4, 0.5) is 5.82 Å². The van der Waals surface area contributed by atoms with Crippen LogP contribution in [-0.2, 0) is 24.1 Å². The normalized spacial score (nSPS) is 17.4. The molecule has 0 radical (unpaired) electrons. The first-order chi connectivity index (χ1) is 16.2. The second-order valence-corrected chi connectivity index (χ2v) is 10.0. The first-order valence-corrected chi connectivity index (χ1v) is 12.7. The number of pyridine rings is 2. The fourth-order valence-corrected chi connectivity index (χ4v) is 5.82. The maximum atomic E-state index is 11.5. The number of aryl methyl sites for hydroxylation is 2. The third kappa shape index (κ3) is 6.72. The van der Waals surface area contributed by atoms with Crippen LogP contribution in [0.3, 0.4) is 0 Å². The van der Waals surface area contributed by atoms with E-state index in [1.165, 1.54) is 67.7 Å². The van der Waals surface area contributed by atoms with Crippen LogP contribution < -0.4 is 40.1 Å².